The Hall–Kier alpha value is -3.48. The lowest BCUT2D eigenvalue weighted by atomic mass is 9.89. The van der Waals surface area contributed by atoms with Gasteiger partial charge in [0.25, 0.3) is 11.5 Å². The number of aromatic nitrogens is 4. The fraction of sp³-hybridized carbons (Fsp3) is 0.222. The van der Waals surface area contributed by atoms with E-state index in [1.54, 1.807) is 0 Å². The molecule has 0 aliphatic carbocycles. The summed E-state index contributed by atoms with van der Waals surface area (Å²) in [4.78, 5) is 16.2. The maximum Gasteiger partial charge on any atom is 0.430 e. The molecule has 0 radical (unpaired) electrons. The Kier molecular flexibility index (Phi) is 5.48. The first-order valence-corrected chi connectivity index (χ1v) is 8.45. The topological polar surface area (TPSA) is 92.9 Å². The summed E-state index contributed by atoms with van der Waals surface area (Å²) in [6.07, 6.45) is -7.81. The molecule has 2 N–H and O–H groups in total. The van der Waals surface area contributed by atoms with Crippen molar-refractivity contribution in [3.8, 4) is 5.82 Å². The standard InChI is InChI=1S/C18H13F6N5O2/c1-10-2-3-12(11(8-10)16(31,17(19,20)21)18(22,23)24)26-15(30)13-4-5-14(28-27-13)29-7-6-25-9-29/h2-9,31H,1H3,(H,26,30). The first-order chi connectivity index (χ1) is 14.3. The highest BCUT2D eigenvalue weighted by Gasteiger charge is 2.72. The van der Waals surface area contributed by atoms with Crippen molar-refractivity contribution in [3.63, 3.8) is 0 Å². The van der Waals surface area contributed by atoms with E-state index in [2.05, 4.69) is 15.2 Å². The third-order valence-corrected chi connectivity index (χ3v) is 4.29. The molecule has 0 fully saturated rings. The molecule has 3 rings (SSSR count). The Balaban J connectivity index is 1.98. The van der Waals surface area contributed by atoms with Crippen LogP contribution in [-0.4, -0.2) is 43.1 Å². The summed E-state index contributed by atoms with van der Waals surface area (Å²) in [6.45, 7) is 1.24. The van der Waals surface area contributed by atoms with Crippen LogP contribution in [0.5, 0.6) is 0 Å². The monoisotopic (exact) mass is 445 g/mol. The number of amides is 1. The van der Waals surface area contributed by atoms with E-state index in [4.69, 9.17) is 0 Å². The lowest BCUT2D eigenvalue weighted by Crippen LogP contribution is -2.54. The van der Waals surface area contributed by atoms with Gasteiger partial charge in [0.1, 0.15) is 6.33 Å². The summed E-state index contributed by atoms with van der Waals surface area (Å²) in [6, 6.07) is 5.04. The number of carbonyl (C=O) groups is 1. The lowest BCUT2D eigenvalue weighted by molar-refractivity contribution is -0.376. The Labute approximate surface area is 170 Å². The van der Waals surface area contributed by atoms with Gasteiger partial charge >= 0.3 is 12.4 Å². The molecule has 0 atom stereocenters. The average Bonchev–Trinajstić information content (AvgIpc) is 3.22. The molecule has 2 aromatic heterocycles. The number of imidazole rings is 1. The molecule has 0 bridgehead atoms. The second-order valence-electron chi connectivity index (χ2n) is 6.46. The van der Waals surface area contributed by atoms with Gasteiger partial charge in [-0.15, -0.1) is 10.2 Å². The molecule has 13 heteroatoms. The van der Waals surface area contributed by atoms with Crippen molar-refractivity contribution >= 4 is 11.6 Å². The number of alkyl halides is 6. The minimum Gasteiger partial charge on any atom is -0.369 e. The van der Waals surface area contributed by atoms with Gasteiger partial charge in [0.2, 0.25) is 0 Å². The second-order valence-corrected chi connectivity index (χ2v) is 6.46. The van der Waals surface area contributed by atoms with Gasteiger partial charge in [0.05, 0.1) is 0 Å². The third-order valence-electron chi connectivity index (χ3n) is 4.29. The predicted molar refractivity (Wildman–Crippen MR) is 94.3 cm³/mol. The Morgan fingerprint density at radius 1 is 1.03 bits per heavy atom. The number of benzene rings is 1. The predicted octanol–water partition coefficient (Wildman–Crippen LogP) is 3.54. The van der Waals surface area contributed by atoms with Crippen LogP contribution in [0.2, 0.25) is 0 Å². The van der Waals surface area contributed by atoms with Crippen molar-refractivity contribution in [2.75, 3.05) is 5.32 Å². The normalized spacial score (nSPS) is 12.6. The Morgan fingerprint density at radius 2 is 1.71 bits per heavy atom. The molecular formula is C18H13F6N5O2. The van der Waals surface area contributed by atoms with Crippen LogP contribution < -0.4 is 5.32 Å². The van der Waals surface area contributed by atoms with Crippen LogP contribution in [0.3, 0.4) is 0 Å². The quantitative estimate of drug-likeness (QED) is 0.600. The summed E-state index contributed by atoms with van der Waals surface area (Å²) >= 11 is 0. The Morgan fingerprint density at radius 3 is 2.23 bits per heavy atom. The van der Waals surface area contributed by atoms with E-state index in [0.717, 1.165) is 6.07 Å². The lowest BCUT2D eigenvalue weighted by Gasteiger charge is -2.34. The van der Waals surface area contributed by atoms with Crippen molar-refractivity contribution in [2.24, 2.45) is 0 Å². The highest BCUT2D eigenvalue weighted by atomic mass is 19.4. The minimum absolute atomic E-state index is 0.00407. The van der Waals surface area contributed by atoms with Crippen LogP contribution >= 0.6 is 0 Å². The highest BCUT2D eigenvalue weighted by Crippen LogP contribution is 2.52. The summed E-state index contributed by atoms with van der Waals surface area (Å²) in [5.74, 6) is -0.852. The number of carbonyl (C=O) groups excluding carboxylic acids is 1. The van der Waals surface area contributed by atoms with Crippen molar-refractivity contribution in [2.45, 2.75) is 24.9 Å². The van der Waals surface area contributed by atoms with E-state index < -0.39 is 35.1 Å². The van der Waals surface area contributed by atoms with Crippen LogP contribution in [0.25, 0.3) is 5.82 Å². The SMILES string of the molecule is Cc1ccc(NC(=O)c2ccc(-n3ccnc3)nn2)c(C(O)(C(F)(F)F)C(F)(F)F)c1. The summed E-state index contributed by atoms with van der Waals surface area (Å²) < 4.78 is 81.4. The van der Waals surface area contributed by atoms with Gasteiger partial charge < -0.3 is 10.4 Å². The van der Waals surface area contributed by atoms with Gasteiger partial charge in [-0.3, -0.25) is 9.36 Å². The number of halogens is 6. The van der Waals surface area contributed by atoms with Crippen LogP contribution in [0.15, 0.2) is 49.1 Å². The van der Waals surface area contributed by atoms with Crippen molar-refractivity contribution < 1.29 is 36.2 Å². The number of aryl methyl sites for hydroxylation is 1. The van der Waals surface area contributed by atoms with Crippen LogP contribution in [0.1, 0.15) is 21.6 Å². The van der Waals surface area contributed by atoms with Crippen molar-refractivity contribution in [1.82, 2.24) is 19.7 Å². The first kappa shape index (κ1) is 22.2. The van der Waals surface area contributed by atoms with Gasteiger partial charge in [-0.25, -0.2) is 4.98 Å². The van der Waals surface area contributed by atoms with E-state index in [9.17, 15) is 36.2 Å². The van der Waals surface area contributed by atoms with Gasteiger partial charge in [-0.05, 0) is 25.1 Å². The highest BCUT2D eigenvalue weighted by molar-refractivity contribution is 6.03. The second kappa shape index (κ2) is 7.65. The number of anilines is 1. The van der Waals surface area contributed by atoms with Gasteiger partial charge in [0.15, 0.2) is 11.5 Å². The Bertz CT molecular complexity index is 1060. The maximum atomic E-state index is 13.3. The van der Waals surface area contributed by atoms with Gasteiger partial charge in [-0.1, -0.05) is 17.7 Å². The van der Waals surface area contributed by atoms with E-state index in [0.29, 0.717) is 6.07 Å². The first-order valence-electron chi connectivity index (χ1n) is 8.45. The molecule has 0 saturated heterocycles. The molecular weight excluding hydrogens is 432 g/mol. The molecule has 0 aliphatic rings. The fourth-order valence-corrected chi connectivity index (χ4v) is 2.70. The number of aliphatic hydroxyl groups is 1. The van der Waals surface area contributed by atoms with Crippen LogP contribution in [-0.2, 0) is 5.60 Å². The molecule has 2 heterocycles. The maximum absolute atomic E-state index is 13.3. The molecule has 7 nitrogen and oxygen atoms in total. The van der Waals surface area contributed by atoms with E-state index in [1.165, 1.54) is 48.4 Å². The zero-order valence-electron chi connectivity index (χ0n) is 15.5. The van der Waals surface area contributed by atoms with Gasteiger partial charge in [-0.2, -0.15) is 26.3 Å². The summed E-state index contributed by atoms with van der Waals surface area (Å²) in [5, 5.41) is 19.1. The number of rotatable bonds is 4. The number of nitrogens with zero attached hydrogens (tertiary/aromatic N) is 4. The zero-order chi connectivity index (χ0) is 23.0. The molecule has 0 saturated carbocycles. The average molecular weight is 445 g/mol. The van der Waals surface area contributed by atoms with E-state index >= 15 is 0 Å². The number of nitrogens with one attached hydrogen (secondary N) is 1. The van der Waals surface area contributed by atoms with E-state index in [-0.39, 0.29) is 17.1 Å². The van der Waals surface area contributed by atoms with Crippen molar-refractivity contribution in [1.29, 1.82) is 0 Å². The fourth-order valence-electron chi connectivity index (χ4n) is 2.70. The van der Waals surface area contributed by atoms with Crippen LogP contribution in [0, 0.1) is 6.92 Å². The molecule has 0 spiro atoms. The molecule has 1 aromatic carbocycles. The third kappa shape index (κ3) is 4.08. The van der Waals surface area contributed by atoms with Crippen LogP contribution in [0.4, 0.5) is 32.0 Å². The smallest absolute Gasteiger partial charge is 0.369 e. The largest absolute Gasteiger partial charge is 0.430 e. The molecule has 3 aromatic rings. The summed E-state index contributed by atoms with van der Waals surface area (Å²) in [5.41, 5.74) is -8.02. The molecule has 31 heavy (non-hydrogen) atoms. The molecule has 164 valence electrons. The van der Waals surface area contributed by atoms with E-state index in [1.807, 2.05) is 5.32 Å². The molecule has 0 unspecified atom stereocenters. The number of hydrogen-bond donors (Lipinski definition) is 2. The zero-order valence-corrected chi connectivity index (χ0v) is 15.5. The summed E-state index contributed by atoms with van der Waals surface area (Å²) in [7, 11) is 0. The van der Waals surface area contributed by atoms with Gasteiger partial charge in [0, 0.05) is 23.6 Å². The minimum atomic E-state index is -6.11. The van der Waals surface area contributed by atoms with Crippen molar-refractivity contribution in [3.05, 3.63) is 65.9 Å². The molecule has 1 amide bonds. The molecule has 0 aliphatic heterocycles. The number of hydrogen-bond acceptors (Lipinski definition) is 5.